The van der Waals surface area contributed by atoms with Gasteiger partial charge in [0.1, 0.15) is 17.3 Å². The fraction of sp³-hybridized carbons (Fsp3) is 0.0625. The van der Waals surface area contributed by atoms with Gasteiger partial charge in [0.2, 0.25) is 0 Å². The molecule has 3 rings (SSSR count). The quantitative estimate of drug-likeness (QED) is 0.637. The van der Waals surface area contributed by atoms with Crippen molar-refractivity contribution >= 4 is 45.1 Å². The number of aromatic amines is 1. The lowest BCUT2D eigenvalue weighted by Gasteiger charge is -2.05. The van der Waals surface area contributed by atoms with E-state index in [9.17, 15) is 9.18 Å². The zero-order valence-corrected chi connectivity index (χ0v) is 13.8. The topological polar surface area (TPSA) is 54.1 Å². The van der Waals surface area contributed by atoms with Gasteiger partial charge in [-0.25, -0.2) is 4.39 Å². The molecule has 112 valence electrons. The highest BCUT2D eigenvalue weighted by molar-refractivity contribution is 14.1. The van der Waals surface area contributed by atoms with Crippen LogP contribution in [-0.4, -0.2) is 18.0 Å². The number of ether oxygens (including phenoxy) is 1. The van der Waals surface area contributed by atoms with Crippen molar-refractivity contribution in [1.29, 1.82) is 0 Å². The third kappa shape index (κ3) is 2.92. The Balaban J connectivity index is 1.88. The van der Waals surface area contributed by atoms with E-state index in [1.165, 1.54) is 6.07 Å². The molecular formula is C16H12FIN2O2. The Morgan fingerprint density at radius 3 is 2.77 bits per heavy atom. The summed E-state index contributed by atoms with van der Waals surface area (Å²) < 4.78 is 19.7. The minimum Gasteiger partial charge on any atom is -0.497 e. The summed E-state index contributed by atoms with van der Waals surface area (Å²) in [5.41, 5.74) is 1.33. The molecule has 1 heterocycles. The molecule has 2 N–H and O–H groups in total. The van der Waals surface area contributed by atoms with Gasteiger partial charge in [-0.3, -0.25) is 4.79 Å². The molecule has 0 aliphatic rings. The second kappa shape index (κ2) is 5.96. The number of anilines is 1. The van der Waals surface area contributed by atoms with Crippen LogP contribution in [0.15, 0.2) is 42.5 Å². The van der Waals surface area contributed by atoms with E-state index in [1.807, 2.05) is 34.7 Å². The monoisotopic (exact) mass is 410 g/mol. The molecule has 0 fully saturated rings. The molecule has 0 bridgehead atoms. The molecule has 4 nitrogen and oxygen atoms in total. The zero-order chi connectivity index (χ0) is 15.7. The number of aromatic nitrogens is 1. The smallest absolute Gasteiger partial charge is 0.272 e. The Hall–Kier alpha value is -2.09. The highest BCUT2D eigenvalue weighted by atomic mass is 127. The predicted molar refractivity (Wildman–Crippen MR) is 91.9 cm³/mol. The maximum Gasteiger partial charge on any atom is 0.272 e. The largest absolute Gasteiger partial charge is 0.497 e. The Morgan fingerprint density at radius 2 is 2.05 bits per heavy atom. The molecule has 1 amide bonds. The molecule has 2 aromatic carbocycles. The van der Waals surface area contributed by atoms with Gasteiger partial charge in [-0.2, -0.15) is 0 Å². The average Bonchev–Trinajstić information content (AvgIpc) is 2.93. The SMILES string of the molecule is COc1ccc2[nH]c(C(=O)Nc3ccc(I)cc3F)cc2c1. The summed E-state index contributed by atoms with van der Waals surface area (Å²) in [6.07, 6.45) is 0. The molecule has 0 aliphatic heterocycles. The number of carbonyl (C=O) groups excluding carboxylic acids is 1. The van der Waals surface area contributed by atoms with E-state index in [0.29, 0.717) is 11.4 Å². The van der Waals surface area contributed by atoms with Crippen LogP contribution in [0.2, 0.25) is 0 Å². The van der Waals surface area contributed by atoms with Crippen LogP contribution in [0.5, 0.6) is 5.75 Å². The first-order valence-electron chi connectivity index (χ1n) is 6.50. The number of carbonyl (C=O) groups is 1. The molecule has 3 aromatic rings. The molecule has 0 spiro atoms. The first-order chi connectivity index (χ1) is 10.6. The number of H-pyrrole nitrogens is 1. The van der Waals surface area contributed by atoms with Crippen LogP contribution < -0.4 is 10.1 Å². The summed E-state index contributed by atoms with van der Waals surface area (Å²) in [6, 6.07) is 11.8. The fourth-order valence-corrected chi connectivity index (χ4v) is 2.59. The second-order valence-corrected chi connectivity index (χ2v) is 5.96. The molecule has 0 saturated heterocycles. The number of hydrogen-bond acceptors (Lipinski definition) is 2. The van der Waals surface area contributed by atoms with Gasteiger partial charge in [-0.05, 0) is 65.1 Å². The van der Waals surface area contributed by atoms with Crippen LogP contribution in [-0.2, 0) is 0 Å². The summed E-state index contributed by atoms with van der Waals surface area (Å²) in [4.78, 5) is 15.2. The summed E-state index contributed by atoms with van der Waals surface area (Å²) in [5, 5.41) is 3.42. The van der Waals surface area contributed by atoms with Gasteiger partial charge < -0.3 is 15.0 Å². The van der Waals surface area contributed by atoms with Crippen molar-refractivity contribution in [1.82, 2.24) is 4.98 Å². The number of methoxy groups -OCH3 is 1. The molecule has 6 heteroatoms. The van der Waals surface area contributed by atoms with Crippen molar-refractivity contribution in [3.05, 3.63) is 57.5 Å². The van der Waals surface area contributed by atoms with Crippen molar-refractivity contribution in [3.63, 3.8) is 0 Å². The number of hydrogen-bond donors (Lipinski definition) is 2. The number of rotatable bonds is 3. The van der Waals surface area contributed by atoms with E-state index in [0.717, 1.165) is 14.5 Å². The van der Waals surface area contributed by atoms with E-state index in [-0.39, 0.29) is 5.69 Å². The molecule has 0 saturated carbocycles. The lowest BCUT2D eigenvalue weighted by molar-refractivity contribution is 0.102. The van der Waals surface area contributed by atoms with E-state index in [1.54, 1.807) is 31.4 Å². The summed E-state index contributed by atoms with van der Waals surface area (Å²) >= 11 is 2.01. The predicted octanol–water partition coefficient (Wildman–Crippen LogP) is 4.17. The molecule has 0 aliphatic carbocycles. The van der Waals surface area contributed by atoms with E-state index >= 15 is 0 Å². The van der Waals surface area contributed by atoms with Gasteiger partial charge in [0, 0.05) is 14.5 Å². The first-order valence-corrected chi connectivity index (χ1v) is 7.58. The molecule has 0 radical (unpaired) electrons. The van der Waals surface area contributed by atoms with Crippen molar-refractivity contribution in [3.8, 4) is 5.75 Å². The van der Waals surface area contributed by atoms with Crippen molar-refractivity contribution in [2.45, 2.75) is 0 Å². The Kier molecular flexibility index (Phi) is 4.02. The molecule has 1 aromatic heterocycles. The maximum absolute atomic E-state index is 13.8. The minimum atomic E-state index is -0.460. The van der Waals surface area contributed by atoms with Gasteiger partial charge in [0.25, 0.3) is 5.91 Å². The van der Waals surface area contributed by atoms with Crippen LogP contribution in [0.3, 0.4) is 0 Å². The van der Waals surface area contributed by atoms with Crippen molar-refractivity contribution < 1.29 is 13.9 Å². The van der Waals surface area contributed by atoms with Gasteiger partial charge in [-0.15, -0.1) is 0 Å². The van der Waals surface area contributed by atoms with Gasteiger partial charge in [-0.1, -0.05) is 0 Å². The van der Waals surface area contributed by atoms with E-state index < -0.39 is 11.7 Å². The Morgan fingerprint density at radius 1 is 1.23 bits per heavy atom. The fourth-order valence-electron chi connectivity index (χ4n) is 2.14. The number of benzene rings is 2. The van der Waals surface area contributed by atoms with Gasteiger partial charge >= 0.3 is 0 Å². The molecule has 0 atom stereocenters. The average molecular weight is 410 g/mol. The second-order valence-electron chi connectivity index (χ2n) is 4.71. The lowest BCUT2D eigenvalue weighted by atomic mass is 10.2. The summed E-state index contributed by atoms with van der Waals surface area (Å²) in [6.45, 7) is 0. The van der Waals surface area contributed by atoms with Crippen LogP contribution >= 0.6 is 22.6 Å². The van der Waals surface area contributed by atoms with Crippen LogP contribution in [0, 0.1) is 9.39 Å². The van der Waals surface area contributed by atoms with Crippen LogP contribution in [0.25, 0.3) is 10.9 Å². The summed E-state index contributed by atoms with van der Waals surface area (Å²) in [5.74, 6) is -0.143. The number of amides is 1. The maximum atomic E-state index is 13.8. The zero-order valence-electron chi connectivity index (χ0n) is 11.6. The van der Waals surface area contributed by atoms with Crippen molar-refractivity contribution in [2.75, 3.05) is 12.4 Å². The Bertz CT molecular complexity index is 860. The first kappa shape index (κ1) is 14.8. The lowest BCUT2D eigenvalue weighted by Crippen LogP contribution is -2.13. The van der Waals surface area contributed by atoms with E-state index in [4.69, 9.17) is 4.74 Å². The highest BCUT2D eigenvalue weighted by Gasteiger charge is 2.12. The highest BCUT2D eigenvalue weighted by Crippen LogP contribution is 2.23. The number of nitrogens with one attached hydrogen (secondary N) is 2. The third-order valence-corrected chi connectivity index (χ3v) is 3.92. The van der Waals surface area contributed by atoms with Crippen LogP contribution in [0.4, 0.5) is 10.1 Å². The van der Waals surface area contributed by atoms with E-state index in [2.05, 4.69) is 10.3 Å². The Labute approximate surface area is 139 Å². The third-order valence-electron chi connectivity index (χ3n) is 3.25. The van der Waals surface area contributed by atoms with Gasteiger partial charge in [0.15, 0.2) is 0 Å². The summed E-state index contributed by atoms with van der Waals surface area (Å²) in [7, 11) is 1.58. The van der Waals surface area contributed by atoms with Crippen molar-refractivity contribution in [2.24, 2.45) is 0 Å². The van der Waals surface area contributed by atoms with Crippen LogP contribution in [0.1, 0.15) is 10.5 Å². The van der Waals surface area contributed by atoms with Gasteiger partial charge in [0.05, 0.1) is 12.8 Å². The minimum absolute atomic E-state index is 0.154. The molecular weight excluding hydrogens is 398 g/mol. The molecule has 22 heavy (non-hydrogen) atoms. The normalized spacial score (nSPS) is 10.7. The molecule has 0 unspecified atom stereocenters. The standard InChI is InChI=1S/C16H12FIN2O2/c1-22-11-3-5-13-9(6-11)7-15(19-13)16(21)20-14-4-2-10(18)8-12(14)17/h2-8,19H,1H3,(H,20,21). The number of fused-ring (bicyclic) bond motifs is 1. The number of halogens is 2.